The zero-order valence-electron chi connectivity index (χ0n) is 13.7. The fraction of sp³-hybridized carbons (Fsp3) is 0.529. The third-order valence-electron chi connectivity index (χ3n) is 4.67. The number of nitrogens with zero attached hydrogens (tertiary/aromatic N) is 2. The van der Waals surface area contributed by atoms with E-state index in [2.05, 4.69) is 10.2 Å². The molecule has 1 aromatic rings. The van der Waals surface area contributed by atoms with E-state index < -0.39 is 43.2 Å². The number of aliphatic hydroxyl groups excluding tert-OH is 5. The number of aryl methyl sites for hydroxylation is 1. The lowest BCUT2D eigenvalue weighted by Crippen LogP contribution is -2.59. The van der Waals surface area contributed by atoms with E-state index in [1.165, 1.54) is 0 Å². The minimum Gasteiger partial charge on any atom is -0.394 e. The fourth-order valence-corrected chi connectivity index (χ4v) is 3.20. The smallest absolute Gasteiger partial charge is 0.117 e. The van der Waals surface area contributed by atoms with E-state index in [0.29, 0.717) is 12.1 Å². The molecule has 1 aromatic carbocycles. The minimum atomic E-state index is -1.52. The first-order chi connectivity index (χ1) is 11.9. The average Bonchev–Trinajstić information content (AvgIpc) is 3.14. The summed E-state index contributed by atoms with van der Waals surface area (Å²) >= 11 is 0. The van der Waals surface area contributed by atoms with Crippen LogP contribution in [0.5, 0.6) is 0 Å². The number of azo groups is 1. The molecule has 8 nitrogen and oxygen atoms in total. The van der Waals surface area contributed by atoms with Crippen LogP contribution in [0.1, 0.15) is 22.8 Å². The molecule has 136 valence electrons. The predicted octanol–water partition coefficient (Wildman–Crippen LogP) is -0.322. The molecule has 6 atom stereocenters. The van der Waals surface area contributed by atoms with E-state index in [-0.39, 0.29) is 0 Å². The van der Waals surface area contributed by atoms with Gasteiger partial charge in [0.15, 0.2) is 0 Å². The maximum atomic E-state index is 10.7. The van der Waals surface area contributed by atoms with Crippen molar-refractivity contribution in [1.82, 2.24) is 0 Å². The molecule has 3 rings (SSSR count). The summed E-state index contributed by atoms with van der Waals surface area (Å²) in [5.74, 6) is 0. The molecule has 2 aliphatic rings. The standard InChI is InChI=1S/C17H22N2O6/c1-8-6-9(11-4-5-18-19-11)2-3-10(8)13(21)17-16(24)15(23)14(22)12(7-20)25-17/h2-4,6,12-17,20-24H,5,7H2,1H3/t12?,13-,14?,15?,16?,17?/m1/s1. The summed E-state index contributed by atoms with van der Waals surface area (Å²) in [5.41, 5.74) is 2.90. The lowest BCUT2D eigenvalue weighted by Gasteiger charge is -2.42. The summed E-state index contributed by atoms with van der Waals surface area (Å²) < 4.78 is 5.43. The Morgan fingerprint density at radius 2 is 1.96 bits per heavy atom. The highest BCUT2D eigenvalue weighted by molar-refractivity contribution is 5.66. The van der Waals surface area contributed by atoms with Gasteiger partial charge >= 0.3 is 0 Å². The second-order valence-corrected chi connectivity index (χ2v) is 6.32. The first kappa shape index (κ1) is 18.1. The molecule has 1 saturated heterocycles. The van der Waals surface area contributed by atoms with Crippen molar-refractivity contribution >= 4 is 5.70 Å². The molecule has 5 unspecified atom stereocenters. The molecular weight excluding hydrogens is 328 g/mol. The Morgan fingerprint density at radius 3 is 2.56 bits per heavy atom. The summed E-state index contributed by atoms with van der Waals surface area (Å²) in [6, 6.07) is 5.33. The van der Waals surface area contributed by atoms with Gasteiger partial charge in [-0.05, 0) is 30.2 Å². The Bertz CT molecular complexity index is 690. The zero-order valence-corrected chi connectivity index (χ0v) is 13.7. The molecule has 0 spiro atoms. The van der Waals surface area contributed by atoms with Crippen molar-refractivity contribution in [2.75, 3.05) is 13.2 Å². The van der Waals surface area contributed by atoms with E-state index in [9.17, 15) is 25.5 Å². The number of rotatable bonds is 4. The Morgan fingerprint density at radius 1 is 1.20 bits per heavy atom. The zero-order chi connectivity index (χ0) is 18.1. The van der Waals surface area contributed by atoms with Crippen LogP contribution in [0.2, 0.25) is 0 Å². The van der Waals surface area contributed by atoms with Crippen LogP contribution in [0.25, 0.3) is 5.70 Å². The van der Waals surface area contributed by atoms with E-state index >= 15 is 0 Å². The van der Waals surface area contributed by atoms with Gasteiger partial charge in [0.25, 0.3) is 0 Å². The lowest BCUT2D eigenvalue weighted by atomic mass is 9.88. The summed E-state index contributed by atoms with van der Waals surface area (Å²) in [6.45, 7) is 1.81. The molecule has 5 N–H and O–H groups in total. The second-order valence-electron chi connectivity index (χ2n) is 6.32. The molecule has 2 heterocycles. The molecule has 8 heteroatoms. The van der Waals surface area contributed by atoms with Gasteiger partial charge in [0.2, 0.25) is 0 Å². The first-order valence-corrected chi connectivity index (χ1v) is 8.11. The minimum absolute atomic E-state index is 0.517. The number of aliphatic hydroxyl groups is 5. The molecular formula is C17H22N2O6. The van der Waals surface area contributed by atoms with Gasteiger partial charge in [-0.1, -0.05) is 12.1 Å². The summed E-state index contributed by atoms with van der Waals surface area (Å²) in [6.07, 6.45) is -6.03. The maximum absolute atomic E-state index is 10.7. The maximum Gasteiger partial charge on any atom is 0.117 e. The van der Waals surface area contributed by atoms with Gasteiger partial charge in [-0.2, -0.15) is 10.2 Å². The number of ether oxygens (including phenoxy) is 1. The van der Waals surface area contributed by atoms with E-state index in [1.807, 2.05) is 12.1 Å². The monoisotopic (exact) mass is 350 g/mol. The molecule has 2 aliphatic heterocycles. The van der Waals surface area contributed by atoms with Crippen molar-refractivity contribution in [2.45, 2.75) is 43.5 Å². The molecule has 25 heavy (non-hydrogen) atoms. The first-order valence-electron chi connectivity index (χ1n) is 8.11. The second kappa shape index (κ2) is 7.28. The molecule has 0 saturated carbocycles. The molecule has 0 aromatic heterocycles. The van der Waals surface area contributed by atoms with Crippen LogP contribution >= 0.6 is 0 Å². The number of benzene rings is 1. The van der Waals surface area contributed by atoms with Gasteiger partial charge in [-0.3, -0.25) is 0 Å². The van der Waals surface area contributed by atoms with E-state index in [4.69, 9.17) is 4.74 Å². The summed E-state index contributed by atoms with van der Waals surface area (Å²) in [4.78, 5) is 0. The average molecular weight is 350 g/mol. The Hall–Kier alpha value is -1.68. The molecule has 0 aliphatic carbocycles. The largest absolute Gasteiger partial charge is 0.394 e. The highest BCUT2D eigenvalue weighted by Crippen LogP contribution is 2.33. The Kier molecular flexibility index (Phi) is 5.28. The molecule has 0 bridgehead atoms. The van der Waals surface area contributed by atoms with Crippen LogP contribution in [-0.2, 0) is 4.74 Å². The van der Waals surface area contributed by atoms with Crippen molar-refractivity contribution in [2.24, 2.45) is 10.2 Å². The predicted molar refractivity (Wildman–Crippen MR) is 87.6 cm³/mol. The number of hydrogen-bond donors (Lipinski definition) is 5. The van der Waals surface area contributed by atoms with Crippen LogP contribution in [0.3, 0.4) is 0 Å². The quantitative estimate of drug-likeness (QED) is 0.505. The Labute approximate surface area is 144 Å². The van der Waals surface area contributed by atoms with Crippen molar-refractivity contribution in [1.29, 1.82) is 0 Å². The van der Waals surface area contributed by atoms with Crippen LogP contribution in [0, 0.1) is 6.92 Å². The van der Waals surface area contributed by atoms with Crippen LogP contribution < -0.4 is 0 Å². The van der Waals surface area contributed by atoms with Crippen LogP contribution in [0.4, 0.5) is 0 Å². The van der Waals surface area contributed by atoms with E-state index in [0.717, 1.165) is 16.8 Å². The van der Waals surface area contributed by atoms with Gasteiger partial charge in [0, 0.05) is 5.56 Å². The van der Waals surface area contributed by atoms with Crippen molar-refractivity contribution < 1.29 is 30.3 Å². The van der Waals surface area contributed by atoms with Gasteiger partial charge < -0.3 is 30.3 Å². The third-order valence-corrected chi connectivity index (χ3v) is 4.67. The Balaban J connectivity index is 1.84. The normalized spacial score (nSPS) is 33.4. The molecule has 1 fully saturated rings. The highest BCUT2D eigenvalue weighted by atomic mass is 16.6. The highest BCUT2D eigenvalue weighted by Gasteiger charge is 2.46. The molecule has 0 amide bonds. The molecule has 0 radical (unpaired) electrons. The topological polar surface area (TPSA) is 135 Å². The van der Waals surface area contributed by atoms with Crippen LogP contribution in [-0.4, -0.2) is 69.2 Å². The van der Waals surface area contributed by atoms with Crippen molar-refractivity contribution in [3.63, 3.8) is 0 Å². The van der Waals surface area contributed by atoms with Gasteiger partial charge in [0.05, 0.1) is 18.8 Å². The van der Waals surface area contributed by atoms with Gasteiger partial charge in [-0.25, -0.2) is 0 Å². The van der Waals surface area contributed by atoms with Crippen molar-refractivity contribution in [3.8, 4) is 0 Å². The van der Waals surface area contributed by atoms with Crippen LogP contribution in [0.15, 0.2) is 34.5 Å². The summed E-state index contributed by atoms with van der Waals surface area (Å²) in [5, 5.41) is 57.7. The third kappa shape index (κ3) is 3.37. The number of hydrogen-bond acceptors (Lipinski definition) is 8. The van der Waals surface area contributed by atoms with Gasteiger partial charge in [0.1, 0.15) is 36.6 Å². The van der Waals surface area contributed by atoms with Crippen molar-refractivity contribution in [3.05, 3.63) is 41.0 Å². The van der Waals surface area contributed by atoms with E-state index in [1.54, 1.807) is 19.1 Å². The lowest BCUT2D eigenvalue weighted by molar-refractivity contribution is -0.250. The van der Waals surface area contributed by atoms with Gasteiger partial charge in [-0.15, -0.1) is 0 Å². The SMILES string of the molecule is Cc1cc(C2=CCN=N2)ccc1[C@@H](O)C1OC(CO)C(O)C(O)C1O. The summed E-state index contributed by atoms with van der Waals surface area (Å²) in [7, 11) is 0. The fourth-order valence-electron chi connectivity index (χ4n) is 3.20.